The molecule has 0 aliphatic carbocycles. The summed E-state index contributed by atoms with van der Waals surface area (Å²) in [5.74, 6) is 1.16. The zero-order valence-corrected chi connectivity index (χ0v) is 23.1. The summed E-state index contributed by atoms with van der Waals surface area (Å²) in [6.07, 6.45) is 2.09. The predicted molar refractivity (Wildman–Crippen MR) is 154 cm³/mol. The standard InChI is InChI=1S/C31H30FN3O6/c1-38-21-6-8-25-23(13-21)24(14-26(35-25)17-10-28(39-2)30(41-4)29(11-17)40-3)31(37)34-20(16-36)9-18-15-33-27-12-19(32)5-7-22(18)27/h5-8,10-15,20,33,36H,9,16H2,1-4H3,(H,34,37). The topological polar surface area (TPSA) is 115 Å². The third-order valence-corrected chi connectivity index (χ3v) is 6.97. The van der Waals surface area contributed by atoms with Gasteiger partial charge < -0.3 is 34.4 Å². The maximum Gasteiger partial charge on any atom is 0.252 e. The van der Waals surface area contributed by atoms with Gasteiger partial charge in [0.25, 0.3) is 5.91 Å². The van der Waals surface area contributed by atoms with Crippen molar-refractivity contribution in [2.45, 2.75) is 12.5 Å². The molecule has 0 fully saturated rings. The van der Waals surface area contributed by atoms with Gasteiger partial charge in [0.2, 0.25) is 5.75 Å². The molecule has 0 aliphatic rings. The fourth-order valence-electron chi connectivity index (χ4n) is 4.91. The highest BCUT2D eigenvalue weighted by molar-refractivity contribution is 6.07. The number of nitrogens with zero attached hydrogens (tertiary/aromatic N) is 1. The number of hydrogen-bond acceptors (Lipinski definition) is 7. The number of fused-ring (bicyclic) bond motifs is 2. The first-order chi connectivity index (χ1) is 19.9. The molecule has 0 spiro atoms. The molecule has 1 unspecified atom stereocenters. The molecule has 0 bridgehead atoms. The van der Waals surface area contributed by atoms with Crippen molar-refractivity contribution in [1.82, 2.24) is 15.3 Å². The minimum absolute atomic E-state index is 0.300. The highest BCUT2D eigenvalue weighted by Crippen LogP contribution is 2.41. The number of methoxy groups -OCH3 is 4. The summed E-state index contributed by atoms with van der Waals surface area (Å²) in [6.45, 7) is -0.300. The molecule has 2 aromatic heterocycles. The summed E-state index contributed by atoms with van der Waals surface area (Å²) < 4.78 is 35.5. The monoisotopic (exact) mass is 559 g/mol. The third-order valence-electron chi connectivity index (χ3n) is 6.97. The molecule has 3 N–H and O–H groups in total. The minimum Gasteiger partial charge on any atom is -0.497 e. The highest BCUT2D eigenvalue weighted by Gasteiger charge is 2.21. The Morgan fingerprint density at radius 2 is 1.71 bits per heavy atom. The Labute approximate surface area is 235 Å². The number of aliphatic hydroxyl groups excluding tert-OH is 1. The molecule has 1 amide bonds. The molecule has 212 valence electrons. The van der Waals surface area contributed by atoms with Gasteiger partial charge in [0.05, 0.1) is 57.9 Å². The number of nitrogens with one attached hydrogen (secondary N) is 2. The smallest absolute Gasteiger partial charge is 0.252 e. The van der Waals surface area contributed by atoms with E-state index in [0.717, 1.165) is 10.9 Å². The Hall–Kier alpha value is -4.83. The molecular formula is C31H30FN3O6. The van der Waals surface area contributed by atoms with E-state index in [9.17, 15) is 14.3 Å². The Kier molecular flexibility index (Phi) is 7.93. The lowest BCUT2D eigenvalue weighted by molar-refractivity contribution is 0.0918. The van der Waals surface area contributed by atoms with Crippen molar-refractivity contribution in [2.75, 3.05) is 35.0 Å². The number of aromatic amines is 1. The number of carbonyl (C=O) groups excluding carboxylic acids is 1. The molecule has 5 rings (SSSR count). The van der Waals surface area contributed by atoms with Crippen LogP contribution in [-0.2, 0) is 6.42 Å². The average molecular weight is 560 g/mol. The van der Waals surface area contributed by atoms with Crippen LogP contribution in [0.3, 0.4) is 0 Å². The average Bonchev–Trinajstić information content (AvgIpc) is 3.39. The lowest BCUT2D eigenvalue weighted by Crippen LogP contribution is -2.39. The van der Waals surface area contributed by atoms with E-state index in [1.54, 1.807) is 55.8 Å². The van der Waals surface area contributed by atoms with E-state index in [4.69, 9.17) is 23.9 Å². The Morgan fingerprint density at radius 1 is 0.951 bits per heavy atom. The fourth-order valence-corrected chi connectivity index (χ4v) is 4.91. The van der Waals surface area contributed by atoms with Gasteiger partial charge in [0.15, 0.2) is 11.5 Å². The van der Waals surface area contributed by atoms with Crippen molar-refractivity contribution in [3.05, 3.63) is 77.7 Å². The molecule has 1 atom stereocenters. The highest BCUT2D eigenvalue weighted by atomic mass is 19.1. The van der Waals surface area contributed by atoms with Crippen LogP contribution in [0.15, 0.2) is 60.8 Å². The van der Waals surface area contributed by atoms with Crippen LogP contribution < -0.4 is 24.3 Å². The SMILES string of the molecule is COc1ccc2nc(-c3cc(OC)c(OC)c(OC)c3)cc(C(=O)NC(CO)Cc3c[nH]c4cc(F)ccc34)c2c1. The zero-order valence-electron chi connectivity index (χ0n) is 23.1. The fraction of sp³-hybridized carbons (Fsp3) is 0.226. The number of carbonyl (C=O) groups is 1. The first-order valence-corrected chi connectivity index (χ1v) is 12.9. The van der Waals surface area contributed by atoms with Gasteiger partial charge in [0.1, 0.15) is 11.6 Å². The zero-order chi connectivity index (χ0) is 29.1. The minimum atomic E-state index is -0.606. The van der Waals surface area contributed by atoms with Gasteiger partial charge in [-0.2, -0.15) is 0 Å². The van der Waals surface area contributed by atoms with Crippen molar-refractivity contribution in [2.24, 2.45) is 0 Å². The molecule has 0 radical (unpaired) electrons. The molecule has 9 nitrogen and oxygen atoms in total. The molecule has 0 aliphatic heterocycles. The molecule has 2 heterocycles. The Morgan fingerprint density at radius 3 is 2.37 bits per heavy atom. The van der Waals surface area contributed by atoms with E-state index < -0.39 is 11.9 Å². The normalized spacial score (nSPS) is 11.9. The van der Waals surface area contributed by atoms with Crippen LogP contribution in [0.5, 0.6) is 23.0 Å². The molecule has 10 heteroatoms. The molecule has 41 heavy (non-hydrogen) atoms. The first-order valence-electron chi connectivity index (χ1n) is 12.9. The van der Waals surface area contributed by atoms with Crippen molar-refractivity contribution >= 4 is 27.7 Å². The van der Waals surface area contributed by atoms with E-state index in [2.05, 4.69) is 10.3 Å². The van der Waals surface area contributed by atoms with Crippen molar-refractivity contribution in [3.63, 3.8) is 0 Å². The number of hydrogen-bond donors (Lipinski definition) is 3. The second-order valence-electron chi connectivity index (χ2n) is 9.41. The van der Waals surface area contributed by atoms with E-state index >= 15 is 0 Å². The van der Waals surface area contributed by atoms with E-state index in [1.165, 1.54) is 33.5 Å². The van der Waals surface area contributed by atoms with Gasteiger partial charge in [0, 0.05) is 28.0 Å². The Balaban J connectivity index is 1.55. The Bertz CT molecular complexity index is 1710. The first kappa shape index (κ1) is 27.7. The molecular weight excluding hydrogens is 529 g/mol. The maximum atomic E-state index is 13.8. The van der Waals surface area contributed by atoms with E-state index in [1.807, 2.05) is 0 Å². The number of aliphatic hydroxyl groups is 1. The summed E-state index contributed by atoms with van der Waals surface area (Å²) in [7, 11) is 6.13. The lowest BCUT2D eigenvalue weighted by Gasteiger charge is -2.18. The molecule has 3 aromatic carbocycles. The lowest BCUT2D eigenvalue weighted by atomic mass is 10.0. The number of ether oxygens (including phenoxy) is 4. The van der Waals surface area contributed by atoms with Gasteiger partial charge in [-0.1, -0.05) is 0 Å². The van der Waals surface area contributed by atoms with Crippen molar-refractivity contribution < 1.29 is 33.2 Å². The van der Waals surface area contributed by atoms with Gasteiger partial charge in [-0.05, 0) is 66.6 Å². The second kappa shape index (κ2) is 11.7. The van der Waals surface area contributed by atoms with Crippen molar-refractivity contribution in [1.29, 1.82) is 0 Å². The number of aromatic nitrogens is 2. The van der Waals surface area contributed by atoms with Crippen LogP contribution >= 0.6 is 0 Å². The second-order valence-corrected chi connectivity index (χ2v) is 9.41. The van der Waals surface area contributed by atoms with Crippen LogP contribution in [0.1, 0.15) is 15.9 Å². The number of pyridine rings is 1. The van der Waals surface area contributed by atoms with Crippen LogP contribution in [-0.4, -0.2) is 62.1 Å². The van der Waals surface area contributed by atoms with Gasteiger partial charge in [-0.15, -0.1) is 0 Å². The number of amides is 1. The quantitative estimate of drug-likeness (QED) is 0.223. The van der Waals surface area contributed by atoms with E-state index in [-0.39, 0.29) is 12.4 Å². The summed E-state index contributed by atoms with van der Waals surface area (Å²) in [5.41, 5.74) is 3.56. The third kappa shape index (κ3) is 5.46. The van der Waals surface area contributed by atoms with Crippen molar-refractivity contribution in [3.8, 4) is 34.3 Å². The van der Waals surface area contributed by atoms with Crippen LogP contribution in [0.25, 0.3) is 33.1 Å². The van der Waals surface area contributed by atoms with E-state index in [0.29, 0.717) is 62.7 Å². The predicted octanol–water partition coefficient (Wildman–Crippen LogP) is 4.89. The summed E-state index contributed by atoms with van der Waals surface area (Å²) >= 11 is 0. The molecule has 5 aromatic rings. The van der Waals surface area contributed by atoms with Crippen LogP contribution in [0.2, 0.25) is 0 Å². The molecule has 0 saturated carbocycles. The number of rotatable bonds is 10. The van der Waals surface area contributed by atoms with Gasteiger partial charge in [-0.3, -0.25) is 4.79 Å². The van der Waals surface area contributed by atoms with Crippen LogP contribution in [0.4, 0.5) is 4.39 Å². The maximum absolute atomic E-state index is 13.8. The van der Waals surface area contributed by atoms with Crippen LogP contribution in [0, 0.1) is 5.82 Å². The summed E-state index contributed by atoms with van der Waals surface area (Å²) in [4.78, 5) is 21.6. The number of H-pyrrole nitrogens is 1. The summed E-state index contributed by atoms with van der Waals surface area (Å²) in [6, 6.07) is 14.4. The summed E-state index contributed by atoms with van der Waals surface area (Å²) in [5, 5.41) is 14.5. The largest absolute Gasteiger partial charge is 0.497 e. The van der Waals surface area contributed by atoms with Gasteiger partial charge in [-0.25, -0.2) is 9.37 Å². The van der Waals surface area contributed by atoms with Gasteiger partial charge >= 0.3 is 0 Å². The molecule has 0 saturated heterocycles. The number of benzene rings is 3. The number of halogens is 1.